The second-order valence-corrected chi connectivity index (χ2v) is 7.61. The normalized spacial score (nSPS) is 18.0. The number of anilines is 1. The van der Waals surface area contributed by atoms with Crippen LogP contribution in [0.15, 0.2) is 58.6 Å². The number of carbonyl (C=O) groups is 1. The highest BCUT2D eigenvalue weighted by atomic mass is 16.1. The van der Waals surface area contributed by atoms with Crippen LogP contribution < -0.4 is 16.9 Å². The third-order valence-corrected chi connectivity index (χ3v) is 5.20. The summed E-state index contributed by atoms with van der Waals surface area (Å²) in [4.78, 5) is 23.6. The number of piperidine rings is 1. The summed E-state index contributed by atoms with van der Waals surface area (Å²) < 4.78 is 0. The van der Waals surface area contributed by atoms with Gasteiger partial charge in [0.2, 0.25) is 0 Å². The quantitative estimate of drug-likeness (QED) is 0.302. The minimum absolute atomic E-state index is 0.229. The fourth-order valence-corrected chi connectivity index (χ4v) is 3.52. The Labute approximate surface area is 187 Å². The van der Waals surface area contributed by atoms with Crippen LogP contribution in [0.4, 0.5) is 11.4 Å². The van der Waals surface area contributed by atoms with Crippen molar-refractivity contribution in [3.05, 3.63) is 59.9 Å². The van der Waals surface area contributed by atoms with Crippen molar-refractivity contribution in [3.8, 4) is 0 Å². The minimum Gasteiger partial charge on any atom is -0.397 e. The number of nitrogens with two attached hydrogens (primary N) is 2. The van der Waals surface area contributed by atoms with Gasteiger partial charge in [-0.25, -0.2) is 4.98 Å². The highest BCUT2D eigenvalue weighted by Crippen LogP contribution is 2.19. The van der Waals surface area contributed by atoms with E-state index < -0.39 is 0 Å². The second kappa shape index (κ2) is 11.0. The largest absolute Gasteiger partial charge is 0.397 e. The molecule has 32 heavy (non-hydrogen) atoms. The molecule has 0 radical (unpaired) electrons. The Bertz CT molecular complexity index is 1040. The SMILES string of the molecule is CN1CCCC(C(C=Nc2ccc(NC(=O)c3cccc(/C(N)=C/C=N)n3)cc2)=NN)C1. The molecule has 1 aliphatic rings. The van der Waals surface area contributed by atoms with E-state index in [1.165, 1.54) is 6.08 Å². The van der Waals surface area contributed by atoms with E-state index in [9.17, 15) is 4.79 Å². The number of aliphatic imine (C=N–C) groups is 1. The average molecular weight is 433 g/mol. The summed E-state index contributed by atoms with van der Waals surface area (Å²) in [6, 6.07) is 12.1. The maximum absolute atomic E-state index is 12.5. The molecule has 1 aromatic heterocycles. The van der Waals surface area contributed by atoms with Crippen molar-refractivity contribution in [1.29, 1.82) is 5.41 Å². The predicted octanol–water partition coefficient (Wildman–Crippen LogP) is 2.64. The summed E-state index contributed by atoms with van der Waals surface area (Å²) in [7, 11) is 2.10. The number of nitrogens with one attached hydrogen (secondary N) is 2. The van der Waals surface area contributed by atoms with Crippen molar-refractivity contribution in [2.45, 2.75) is 12.8 Å². The number of hydrogen-bond donors (Lipinski definition) is 4. The molecule has 1 fully saturated rings. The van der Waals surface area contributed by atoms with Gasteiger partial charge < -0.3 is 27.2 Å². The molecular formula is C23H28N8O. The molecule has 9 nitrogen and oxygen atoms in total. The van der Waals surface area contributed by atoms with Crippen molar-refractivity contribution >= 4 is 41.1 Å². The third-order valence-electron chi connectivity index (χ3n) is 5.20. The molecule has 2 aromatic rings. The average Bonchev–Trinajstić information content (AvgIpc) is 2.81. The summed E-state index contributed by atoms with van der Waals surface area (Å²) in [6.07, 6.45) is 6.38. The highest BCUT2D eigenvalue weighted by Gasteiger charge is 2.21. The molecule has 1 atom stereocenters. The maximum atomic E-state index is 12.5. The molecule has 1 aromatic carbocycles. The number of carbonyl (C=O) groups excluding carboxylic acids is 1. The predicted molar refractivity (Wildman–Crippen MR) is 130 cm³/mol. The van der Waals surface area contributed by atoms with E-state index in [4.69, 9.17) is 17.0 Å². The summed E-state index contributed by atoms with van der Waals surface area (Å²) >= 11 is 0. The van der Waals surface area contributed by atoms with Crippen LogP contribution in [0.5, 0.6) is 0 Å². The lowest BCUT2D eigenvalue weighted by molar-refractivity contribution is 0.102. The van der Waals surface area contributed by atoms with Crippen LogP contribution in [0.3, 0.4) is 0 Å². The Kier molecular flexibility index (Phi) is 7.82. The molecule has 2 heterocycles. The van der Waals surface area contributed by atoms with Crippen molar-refractivity contribution in [2.75, 3.05) is 25.5 Å². The van der Waals surface area contributed by atoms with Crippen LogP contribution >= 0.6 is 0 Å². The van der Waals surface area contributed by atoms with Gasteiger partial charge in [0.15, 0.2) is 0 Å². The molecule has 0 spiro atoms. The lowest BCUT2D eigenvalue weighted by atomic mass is 9.94. The van der Waals surface area contributed by atoms with Crippen LogP contribution in [-0.2, 0) is 0 Å². The van der Waals surface area contributed by atoms with Gasteiger partial charge in [-0.3, -0.25) is 9.79 Å². The molecule has 1 amide bonds. The van der Waals surface area contributed by atoms with Gasteiger partial charge in [-0.15, -0.1) is 0 Å². The number of pyridine rings is 1. The van der Waals surface area contributed by atoms with Crippen molar-refractivity contribution in [1.82, 2.24) is 9.88 Å². The van der Waals surface area contributed by atoms with Gasteiger partial charge in [0, 0.05) is 24.4 Å². The van der Waals surface area contributed by atoms with Crippen LogP contribution in [0, 0.1) is 11.3 Å². The van der Waals surface area contributed by atoms with Crippen LogP contribution in [-0.4, -0.2) is 54.1 Å². The molecule has 0 saturated carbocycles. The maximum Gasteiger partial charge on any atom is 0.274 e. The fraction of sp³-hybridized carbons (Fsp3) is 0.261. The zero-order chi connectivity index (χ0) is 22.9. The first-order valence-electron chi connectivity index (χ1n) is 10.4. The number of aromatic nitrogens is 1. The number of hydrogen-bond acceptors (Lipinski definition) is 8. The zero-order valence-corrected chi connectivity index (χ0v) is 18.0. The molecule has 3 rings (SSSR count). The van der Waals surface area contributed by atoms with Gasteiger partial charge in [-0.05, 0) is 68.9 Å². The zero-order valence-electron chi connectivity index (χ0n) is 18.0. The molecular weight excluding hydrogens is 404 g/mol. The molecule has 6 N–H and O–H groups in total. The lowest BCUT2D eigenvalue weighted by Gasteiger charge is -2.29. The molecule has 166 valence electrons. The van der Waals surface area contributed by atoms with Gasteiger partial charge in [0.1, 0.15) is 5.69 Å². The molecule has 0 bridgehead atoms. The number of hydrazone groups is 1. The van der Waals surface area contributed by atoms with E-state index in [1.54, 1.807) is 36.5 Å². The first-order valence-corrected chi connectivity index (χ1v) is 10.4. The Morgan fingerprint density at radius 2 is 2.00 bits per heavy atom. The highest BCUT2D eigenvalue weighted by molar-refractivity contribution is 6.32. The fourth-order valence-electron chi connectivity index (χ4n) is 3.52. The van der Waals surface area contributed by atoms with Crippen molar-refractivity contribution in [3.63, 3.8) is 0 Å². The van der Waals surface area contributed by atoms with E-state index in [-0.39, 0.29) is 17.5 Å². The first-order chi connectivity index (χ1) is 15.5. The van der Waals surface area contributed by atoms with Crippen LogP contribution in [0.1, 0.15) is 29.0 Å². The Morgan fingerprint density at radius 1 is 1.25 bits per heavy atom. The van der Waals surface area contributed by atoms with Crippen molar-refractivity contribution in [2.24, 2.45) is 27.6 Å². The molecule has 1 unspecified atom stereocenters. The number of allylic oxidation sites excluding steroid dienone is 1. The van der Waals surface area contributed by atoms with Gasteiger partial charge in [-0.2, -0.15) is 5.10 Å². The lowest BCUT2D eigenvalue weighted by Crippen LogP contribution is -2.36. The summed E-state index contributed by atoms with van der Waals surface area (Å²) in [5, 5.41) is 13.8. The Morgan fingerprint density at radius 3 is 2.69 bits per heavy atom. The van der Waals surface area contributed by atoms with Crippen molar-refractivity contribution < 1.29 is 4.79 Å². The van der Waals surface area contributed by atoms with Crippen LogP contribution in [0.25, 0.3) is 5.70 Å². The van der Waals surface area contributed by atoms with E-state index in [1.807, 2.05) is 12.1 Å². The van der Waals surface area contributed by atoms with E-state index >= 15 is 0 Å². The minimum atomic E-state index is -0.357. The number of likely N-dealkylation sites (tertiary alicyclic amines) is 1. The molecule has 1 aliphatic heterocycles. The number of amides is 1. The smallest absolute Gasteiger partial charge is 0.274 e. The second-order valence-electron chi connectivity index (χ2n) is 7.61. The molecule has 9 heteroatoms. The number of benzene rings is 1. The topological polar surface area (TPSA) is 146 Å². The van der Waals surface area contributed by atoms with Crippen LogP contribution in [0.2, 0.25) is 0 Å². The van der Waals surface area contributed by atoms with Gasteiger partial charge in [0.05, 0.1) is 29.0 Å². The summed E-state index contributed by atoms with van der Waals surface area (Å²) in [5.74, 6) is 5.52. The Hall–Kier alpha value is -3.85. The van der Waals surface area contributed by atoms with Gasteiger partial charge in [-0.1, -0.05) is 6.07 Å². The first kappa shape index (κ1) is 22.8. The number of rotatable bonds is 7. The summed E-state index contributed by atoms with van der Waals surface area (Å²) in [5.41, 5.74) is 8.96. The Balaban J connectivity index is 1.64. The standard InChI is InChI=1S/C23H28N8O/c1-31-13-3-4-16(15-31)22(30-26)14-27-17-7-9-18(10-8-17)28-23(32)21-6-2-5-20(29-21)19(25)11-12-24/h2,5-12,14,16,24H,3-4,13,15,25-26H2,1H3,(H,28,32)/b19-11-,24-12?,27-14?,30-22?. The molecule has 1 saturated heterocycles. The number of nitrogens with zero attached hydrogens (tertiary/aromatic N) is 4. The van der Waals surface area contributed by atoms with E-state index in [2.05, 4.69) is 32.3 Å². The monoisotopic (exact) mass is 432 g/mol. The van der Waals surface area contributed by atoms with Gasteiger partial charge in [0.25, 0.3) is 5.91 Å². The van der Waals surface area contributed by atoms with Gasteiger partial charge >= 0.3 is 0 Å². The molecule has 0 aliphatic carbocycles. The third kappa shape index (κ3) is 6.08. The van der Waals surface area contributed by atoms with E-state index in [0.717, 1.165) is 43.5 Å². The van der Waals surface area contributed by atoms with E-state index in [0.29, 0.717) is 17.1 Å². The summed E-state index contributed by atoms with van der Waals surface area (Å²) in [6.45, 7) is 2.01.